The zero-order valence-corrected chi connectivity index (χ0v) is 14.8. The molecule has 0 spiro atoms. The Morgan fingerprint density at radius 1 is 1.44 bits per heavy atom. The van der Waals surface area contributed by atoms with Crippen LogP contribution in [0.4, 0.5) is 5.82 Å². The molecule has 1 amide bonds. The normalized spacial score (nSPS) is 15.6. The van der Waals surface area contributed by atoms with E-state index in [2.05, 4.69) is 15.6 Å². The van der Waals surface area contributed by atoms with Gasteiger partial charge in [-0.2, -0.15) is 5.10 Å². The Labute approximate surface area is 145 Å². The molecule has 8 nitrogen and oxygen atoms in total. The van der Waals surface area contributed by atoms with Crippen LogP contribution in [-0.4, -0.2) is 38.3 Å². The van der Waals surface area contributed by atoms with Crippen LogP contribution in [0, 0.1) is 6.92 Å². The molecule has 2 aromatic heterocycles. The molecular weight excluding hydrogens is 322 g/mol. The smallest absolute Gasteiger partial charge is 0.267 e. The van der Waals surface area contributed by atoms with Crippen LogP contribution in [-0.2, 0) is 24.3 Å². The van der Waals surface area contributed by atoms with Crippen molar-refractivity contribution in [2.75, 3.05) is 11.9 Å². The molecule has 134 valence electrons. The monoisotopic (exact) mass is 345 g/mol. The number of rotatable bonds is 5. The quantitative estimate of drug-likeness (QED) is 0.879. The van der Waals surface area contributed by atoms with E-state index in [0.717, 1.165) is 30.6 Å². The van der Waals surface area contributed by atoms with E-state index in [-0.39, 0.29) is 17.5 Å². The number of carbonyl (C=O) groups excluding carboxylic acids is 1. The van der Waals surface area contributed by atoms with Gasteiger partial charge < -0.3 is 9.84 Å². The minimum absolute atomic E-state index is 0.0855. The third-order valence-corrected chi connectivity index (χ3v) is 4.42. The molecule has 25 heavy (non-hydrogen) atoms. The first kappa shape index (κ1) is 17.3. The van der Waals surface area contributed by atoms with Crippen LogP contribution < -0.4 is 10.9 Å². The zero-order chi connectivity index (χ0) is 18.0. The van der Waals surface area contributed by atoms with E-state index >= 15 is 0 Å². The molecule has 0 bridgehead atoms. The van der Waals surface area contributed by atoms with E-state index in [1.54, 1.807) is 19.1 Å². The van der Waals surface area contributed by atoms with Crippen LogP contribution >= 0.6 is 0 Å². The Hall–Kier alpha value is -2.48. The Kier molecular flexibility index (Phi) is 4.98. The van der Waals surface area contributed by atoms with Crippen molar-refractivity contribution in [3.8, 4) is 0 Å². The first-order chi connectivity index (χ1) is 12.0. The number of amides is 1. The Morgan fingerprint density at radius 2 is 2.24 bits per heavy atom. The molecule has 3 heterocycles. The summed E-state index contributed by atoms with van der Waals surface area (Å²) in [6.45, 7) is 7.52. The SMILES string of the molecule is CCCn1nc2c(cc1=O)CN([C@H](C)C(=O)Nc1cc(C)on1)CC2. The minimum Gasteiger partial charge on any atom is -0.360 e. The summed E-state index contributed by atoms with van der Waals surface area (Å²) in [4.78, 5) is 26.6. The predicted molar refractivity (Wildman–Crippen MR) is 92.2 cm³/mol. The second kappa shape index (κ2) is 7.18. The fraction of sp³-hybridized carbons (Fsp3) is 0.529. The number of carbonyl (C=O) groups is 1. The van der Waals surface area contributed by atoms with Crippen LogP contribution in [0.2, 0.25) is 0 Å². The molecule has 1 N–H and O–H groups in total. The van der Waals surface area contributed by atoms with E-state index in [4.69, 9.17) is 4.52 Å². The van der Waals surface area contributed by atoms with Gasteiger partial charge in [0, 0.05) is 38.2 Å². The van der Waals surface area contributed by atoms with Crippen molar-refractivity contribution >= 4 is 11.7 Å². The second-order valence-corrected chi connectivity index (χ2v) is 6.39. The lowest BCUT2D eigenvalue weighted by atomic mass is 10.0. The maximum absolute atomic E-state index is 12.4. The molecule has 2 aromatic rings. The topological polar surface area (TPSA) is 93.3 Å². The van der Waals surface area contributed by atoms with E-state index < -0.39 is 0 Å². The molecule has 1 aliphatic heterocycles. The number of nitrogens with zero attached hydrogens (tertiary/aromatic N) is 4. The molecule has 0 aliphatic carbocycles. The molecule has 1 atom stereocenters. The largest absolute Gasteiger partial charge is 0.360 e. The molecule has 0 aromatic carbocycles. The summed E-state index contributed by atoms with van der Waals surface area (Å²) in [5.41, 5.74) is 1.77. The van der Waals surface area contributed by atoms with Crippen molar-refractivity contribution in [3.05, 3.63) is 39.5 Å². The first-order valence-corrected chi connectivity index (χ1v) is 8.56. The van der Waals surface area contributed by atoms with Gasteiger partial charge in [-0.25, -0.2) is 4.68 Å². The van der Waals surface area contributed by atoms with Crippen LogP contribution in [0.3, 0.4) is 0 Å². The number of nitrogens with one attached hydrogen (secondary N) is 1. The number of aromatic nitrogens is 3. The number of hydrogen-bond acceptors (Lipinski definition) is 6. The van der Waals surface area contributed by atoms with Gasteiger partial charge in [0.15, 0.2) is 5.82 Å². The van der Waals surface area contributed by atoms with Crippen LogP contribution in [0.15, 0.2) is 21.5 Å². The average molecular weight is 345 g/mol. The third-order valence-electron chi connectivity index (χ3n) is 4.42. The lowest BCUT2D eigenvalue weighted by Gasteiger charge is -2.32. The summed E-state index contributed by atoms with van der Waals surface area (Å²) in [5.74, 6) is 0.907. The number of anilines is 1. The van der Waals surface area contributed by atoms with Gasteiger partial charge in [-0.1, -0.05) is 12.1 Å². The van der Waals surface area contributed by atoms with Crippen molar-refractivity contribution in [1.82, 2.24) is 19.8 Å². The molecule has 1 aliphatic rings. The lowest BCUT2D eigenvalue weighted by molar-refractivity contribution is -0.121. The highest BCUT2D eigenvalue weighted by atomic mass is 16.5. The van der Waals surface area contributed by atoms with Gasteiger partial charge in [0.2, 0.25) is 5.91 Å². The molecular formula is C17H23N5O3. The fourth-order valence-electron chi connectivity index (χ4n) is 2.99. The Morgan fingerprint density at radius 3 is 2.92 bits per heavy atom. The first-order valence-electron chi connectivity index (χ1n) is 8.56. The van der Waals surface area contributed by atoms with Gasteiger partial charge >= 0.3 is 0 Å². The zero-order valence-electron chi connectivity index (χ0n) is 14.8. The van der Waals surface area contributed by atoms with Gasteiger partial charge in [-0.3, -0.25) is 14.5 Å². The summed E-state index contributed by atoms with van der Waals surface area (Å²) in [6, 6.07) is 2.98. The molecule has 0 unspecified atom stereocenters. The van der Waals surface area contributed by atoms with E-state index in [9.17, 15) is 9.59 Å². The lowest BCUT2D eigenvalue weighted by Crippen LogP contribution is -2.45. The third kappa shape index (κ3) is 3.79. The summed E-state index contributed by atoms with van der Waals surface area (Å²) in [7, 11) is 0. The fourth-order valence-corrected chi connectivity index (χ4v) is 2.99. The summed E-state index contributed by atoms with van der Waals surface area (Å²) < 4.78 is 6.48. The van der Waals surface area contributed by atoms with Gasteiger partial charge in [0.25, 0.3) is 5.56 Å². The summed E-state index contributed by atoms with van der Waals surface area (Å²) in [5, 5.41) is 11.0. The van der Waals surface area contributed by atoms with Gasteiger partial charge in [-0.15, -0.1) is 0 Å². The van der Waals surface area contributed by atoms with Crippen molar-refractivity contribution in [3.63, 3.8) is 0 Å². The number of aryl methyl sites for hydroxylation is 2. The molecule has 8 heteroatoms. The maximum Gasteiger partial charge on any atom is 0.267 e. The molecule has 3 rings (SSSR count). The van der Waals surface area contributed by atoms with Crippen LogP contribution in [0.1, 0.15) is 37.3 Å². The Bertz CT molecular complexity index is 826. The molecule has 0 saturated heterocycles. The Balaban J connectivity index is 1.70. The number of hydrogen-bond donors (Lipinski definition) is 1. The minimum atomic E-state index is -0.344. The molecule has 0 fully saturated rings. The van der Waals surface area contributed by atoms with E-state index in [1.807, 2.05) is 18.7 Å². The van der Waals surface area contributed by atoms with Crippen molar-refractivity contribution in [1.29, 1.82) is 0 Å². The highest BCUT2D eigenvalue weighted by molar-refractivity contribution is 5.93. The summed E-state index contributed by atoms with van der Waals surface area (Å²) >= 11 is 0. The second-order valence-electron chi connectivity index (χ2n) is 6.39. The van der Waals surface area contributed by atoms with Crippen molar-refractivity contribution in [2.24, 2.45) is 0 Å². The van der Waals surface area contributed by atoms with Crippen molar-refractivity contribution in [2.45, 2.75) is 52.7 Å². The summed E-state index contributed by atoms with van der Waals surface area (Å²) in [6.07, 6.45) is 1.59. The highest BCUT2D eigenvalue weighted by Gasteiger charge is 2.27. The van der Waals surface area contributed by atoms with Crippen LogP contribution in [0.25, 0.3) is 0 Å². The van der Waals surface area contributed by atoms with Crippen molar-refractivity contribution < 1.29 is 9.32 Å². The molecule has 0 saturated carbocycles. The van der Waals surface area contributed by atoms with Crippen LogP contribution in [0.5, 0.6) is 0 Å². The van der Waals surface area contributed by atoms with E-state index in [0.29, 0.717) is 24.7 Å². The maximum atomic E-state index is 12.4. The van der Waals surface area contributed by atoms with Gasteiger partial charge in [0.1, 0.15) is 5.76 Å². The highest BCUT2D eigenvalue weighted by Crippen LogP contribution is 2.18. The predicted octanol–water partition coefficient (Wildman–Crippen LogP) is 1.34. The number of fused-ring (bicyclic) bond motifs is 1. The van der Waals surface area contributed by atoms with Gasteiger partial charge in [0.05, 0.1) is 11.7 Å². The standard InChI is InChI=1S/C17H23N5O3/c1-4-6-22-16(23)9-13-10-21(7-5-14(13)19-22)12(3)17(24)18-15-8-11(2)25-20-15/h8-9,12H,4-7,10H2,1-3H3,(H,18,20,24)/t12-/m1/s1. The molecule has 0 radical (unpaired) electrons. The average Bonchev–Trinajstić information content (AvgIpc) is 2.99. The van der Waals surface area contributed by atoms with Gasteiger partial charge in [-0.05, 0) is 25.8 Å². The van der Waals surface area contributed by atoms with E-state index in [1.165, 1.54) is 4.68 Å².